The first kappa shape index (κ1) is 22.8. The Bertz CT molecular complexity index is 623. The van der Waals surface area contributed by atoms with Crippen LogP contribution in [0.2, 0.25) is 0 Å². The molecule has 0 heterocycles. The van der Waals surface area contributed by atoms with E-state index in [-0.39, 0.29) is 17.6 Å². The lowest BCUT2D eigenvalue weighted by atomic mass is 9.99. The van der Waals surface area contributed by atoms with Crippen molar-refractivity contribution in [2.24, 2.45) is 5.92 Å². The highest BCUT2D eigenvalue weighted by atomic mass is 16.2. The van der Waals surface area contributed by atoms with Crippen LogP contribution in [0.25, 0.3) is 0 Å². The lowest BCUT2D eigenvalue weighted by Gasteiger charge is -2.21. The van der Waals surface area contributed by atoms with E-state index >= 15 is 0 Å². The molecule has 0 radical (unpaired) electrons. The van der Waals surface area contributed by atoms with Crippen LogP contribution in [0.5, 0.6) is 0 Å². The molecule has 1 atom stereocenters. The van der Waals surface area contributed by atoms with Crippen LogP contribution in [0, 0.1) is 12.8 Å². The second kappa shape index (κ2) is 10.8. The predicted octanol–water partition coefficient (Wildman–Crippen LogP) is 5.25. The highest BCUT2D eigenvalue weighted by molar-refractivity contribution is 5.94. The SMILES string of the molecule is CCCCC(CC)CNC(=O)Nc1cccc(NC(=O)NC(C)(C)C)c1C. The van der Waals surface area contributed by atoms with Gasteiger partial charge in [-0.1, -0.05) is 39.2 Å². The molecular weight excluding hydrogens is 340 g/mol. The summed E-state index contributed by atoms with van der Waals surface area (Å²) in [5, 5.41) is 11.5. The summed E-state index contributed by atoms with van der Waals surface area (Å²) in [4.78, 5) is 24.3. The fourth-order valence-corrected chi connectivity index (χ4v) is 2.75. The van der Waals surface area contributed by atoms with E-state index in [4.69, 9.17) is 0 Å². The van der Waals surface area contributed by atoms with E-state index in [0.29, 0.717) is 23.8 Å². The maximum absolute atomic E-state index is 12.3. The number of hydrogen-bond donors (Lipinski definition) is 4. The third-order valence-corrected chi connectivity index (χ3v) is 4.41. The number of amides is 4. The Kier molecular flexibility index (Phi) is 9.12. The van der Waals surface area contributed by atoms with Gasteiger partial charge in [-0.05, 0) is 57.7 Å². The number of unbranched alkanes of at least 4 members (excludes halogenated alkanes) is 1. The summed E-state index contributed by atoms with van der Waals surface area (Å²) in [6.45, 7) is 12.6. The van der Waals surface area contributed by atoms with Gasteiger partial charge in [0.1, 0.15) is 0 Å². The van der Waals surface area contributed by atoms with E-state index < -0.39 is 0 Å². The van der Waals surface area contributed by atoms with Crippen molar-refractivity contribution in [1.82, 2.24) is 10.6 Å². The second-order valence-electron chi connectivity index (χ2n) is 8.06. The van der Waals surface area contributed by atoms with Gasteiger partial charge in [0, 0.05) is 23.5 Å². The molecule has 0 aliphatic rings. The highest BCUT2D eigenvalue weighted by Crippen LogP contribution is 2.23. The van der Waals surface area contributed by atoms with Crippen molar-refractivity contribution in [3.63, 3.8) is 0 Å². The van der Waals surface area contributed by atoms with Crippen molar-refractivity contribution >= 4 is 23.4 Å². The van der Waals surface area contributed by atoms with Gasteiger partial charge in [0.25, 0.3) is 0 Å². The van der Waals surface area contributed by atoms with Crippen LogP contribution >= 0.6 is 0 Å². The van der Waals surface area contributed by atoms with Gasteiger partial charge in [-0.3, -0.25) is 0 Å². The molecule has 1 aromatic carbocycles. The lowest BCUT2D eigenvalue weighted by Crippen LogP contribution is -2.43. The van der Waals surface area contributed by atoms with Gasteiger partial charge in [-0.2, -0.15) is 0 Å². The van der Waals surface area contributed by atoms with Crippen LogP contribution < -0.4 is 21.3 Å². The van der Waals surface area contributed by atoms with E-state index in [0.717, 1.165) is 18.4 Å². The standard InChI is InChI=1S/C21H36N4O2/c1-7-9-11-16(8-2)14-22-19(26)23-17-12-10-13-18(15(17)3)24-20(27)25-21(4,5)6/h10,12-13,16H,7-9,11,14H2,1-6H3,(H2,22,23,26)(H2,24,25,27). The number of hydrogen-bond acceptors (Lipinski definition) is 2. The molecule has 6 heteroatoms. The zero-order valence-corrected chi connectivity index (χ0v) is 17.7. The minimum absolute atomic E-state index is 0.218. The van der Waals surface area contributed by atoms with Crippen LogP contribution in [0.15, 0.2) is 18.2 Å². The highest BCUT2D eigenvalue weighted by Gasteiger charge is 2.15. The van der Waals surface area contributed by atoms with E-state index in [1.807, 2.05) is 45.9 Å². The quantitative estimate of drug-likeness (QED) is 0.499. The van der Waals surface area contributed by atoms with E-state index in [9.17, 15) is 9.59 Å². The molecule has 0 saturated heterocycles. The average Bonchev–Trinajstić information content (AvgIpc) is 2.57. The summed E-state index contributed by atoms with van der Waals surface area (Å²) >= 11 is 0. The third-order valence-electron chi connectivity index (χ3n) is 4.41. The Morgan fingerprint density at radius 1 is 1.04 bits per heavy atom. The predicted molar refractivity (Wildman–Crippen MR) is 113 cm³/mol. The molecule has 4 amide bonds. The van der Waals surface area contributed by atoms with Gasteiger partial charge in [-0.15, -0.1) is 0 Å². The Hall–Kier alpha value is -2.24. The second-order valence-corrected chi connectivity index (χ2v) is 8.06. The van der Waals surface area contributed by atoms with Gasteiger partial charge in [0.05, 0.1) is 0 Å². The Labute approximate surface area is 163 Å². The fraction of sp³-hybridized carbons (Fsp3) is 0.619. The topological polar surface area (TPSA) is 82.3 Å². The number of carbonyl (C=O) groups is 2. The molecule has 1 aromatic rings. The molecule has 0 aliphatic carbocycles. The van der Waals surface area contributed by atoms with Crippen molar-refractivity contribution in [2.45, 2.75) is 72.8 Å². The van der Waals surface area contributed by atoms with Crippen LogP contribution in [-0.2, 0) is 0 Å². The van der Waals surface area contributed by atoms with Crippen molar-refractivity contribution in [3.05, 3.63) is 23.8 Å². The first-order chi connectivity index (χ1) is 12.7. The molecule has 1 unspecified atom stereocenters. The van der Waals surface area contributed by atoms with E-state index in [2.05, 4.69) is 35.1 Å². The summed E-state index contributed by atoms with van der Waals surface area (Å²) in [6.07, 6.45) is 4.55. The first-order valence-electron chi connectivity index (χ1n) is 9.89. The molecule has 4 N–H and O–H groups in total. The number of urea groups is 2. The summed E-state index contributed by atoms with van der Waals surface area (Å²) in [6, 6.07) is 4.97. The van der Waals surface area contributed by atoms with E-state index in [1.54, 1.807) is 0 Å². The van der Waals surface area contributed by atoms with Gasteiger partial charge < -0.3 is 21.3 Å². The molecule has 1 rings (SSSR count). The number of carbonyl (C=O) groups excluding carboxylic acids is 2. The molecule has 0 aromatic heterocycles. The Balaban J connectivity index is 2.65. The summed E-state index contributed by atoms with van der Waals surface area (Å²) in [5.74, 6) is 0.505. The minimum Gasteiger partial charge on any atom is -0.338 e. The number of rotatable bonds is 8. The third kappa shape index (κ3) is 8.80. The van der Waals surface area contributed by atoms with Crippen molar-refractivity contribution in [2.75, 3.05) is 17.2 Å². The van der Waals surface area contributed by atoms with Crippen molar-refractivity contribution in [3.8, 4) is 0 Å². The van der Waals surface area contributed by atoms with Crippen LogP contribution in [-0.4, -0.2) is 24.1 Å². The molecule has 0 bridgehead atoms. The molecular formula is C21H36N4O2. The first-order valence-corrected chi connectivity index (χ1v) is 9.89. The zero-order valence-electron chi connectivity index (χ0n) is 17.7. The van der Waals surface area contributed by atoms with Crippen LogP contribution in [0.3, 0.4) is 0 Å². The maximum Gasteiger partial charge on any atom is 0.319 e. The number of anilines is 2. The molecule has 152 valence electrons. The summed E-state index contributed by atoms with van der Waals surface area (Å²) in [5.41, 5.74) is 1.85. The summed E-state index contributed by atoms with van der Waals surface area (Å²) in [7, 11) is 0. The van der Waals surface area contributed by atoms with Crippen LogP contribution in [0.4, 0.5) is 21.0 Å². The van der Waals surface area contributed by atoms with Crippen LogP contribution in [0.1, 0.15) is 65.9 Å². The monoisotopic (exact) mass is 376 g/mol. The molecule has 0 aliphatic heterocycles. The maximum atomic E-state index is 12.3. The molecule has 0 fully saturated rings. The van der Waals surface area contributed by atoms with Crippen molar-refractivity contribution < 1.29 is 9.59 Å². The average molecular weight is 377 g/mol. The van der Waals surface area contributed by atoms with E-state index in [1.165, 1.54) is 12.8 Å². The Morgan fingerprint density at radius 3 is 2.15 bits per heavy atom. The Morgan fingerprint density at radius 2 is 1.63 bits per heavy atom. The van der Waals surface area contributed by atoms with Gasteiger partial charge >= 0.3 is 12.1 Å². The van der Waals surface area contributed by atoms with Gasteiger partial charge in [0.2, 0.25) is 0 Å². The fourth-order valence-electron chi connectivity index (χ4n) is 2.75. The normalized spacial score (nSPS) is 12.2. The minimum atomic E-state index is -0.318. The number of nitrogens with one attached hydrogen (secondary N) is 4. The molecule has 0 spiro atoms. The molecule has 6 nitrogen and oxygen atoms in total. The molecule has 27 heavy (non-hydrogen) atoms. The molecule has 0 saturated carbocycles. The largest absolute Gasteiger partial charge is 0.338 e. The summed E-state index contributed by atoms with van der Waals surface area (Å²) < 4.78 is 0. The number of benzene rings is 1. The van der Waals surface area contributed by atoms with Gasteiger partial charge in [-0.25, -0.2) is 9.59 Å². The zero-order chi connectivity index (χ0) is 20.4. The lowest BCUT2D eigenvalue weighted by molar-refractivity contribution is 0.243. The van der Waals surface area contributed by atoms with Crippen molar-refractivity contribution in [1.29, 1.82) is 0 Å². The smallest absolute Gasteiger partial charge is 0.319 e. The van der Waals surface area contributed by atoms with Gasteiger partial charge in [0.15, 0.2) is 0 Å².